The first-order valence-electron chi connectivity index (χ1n) is 14.4. The van der Waals surface area contributed by atoms with Gasteiger partial charge in [-0.2, -0.15) is 64.0 Å². The maximum Gasteiger partial charge on any atom is 1.00 e. The molecule has 56 heavy (non-hydrogen) atoms. The number of halogens is 10. The normalized spacial score (nSPS) is 9.50. The summed E-state index contributed by atoms with van der Waals surface area (Å²) in [5.41, 5.74) is -2.75. The molecule has 0 saturated heterocycles. The van der Waals surface area contributed by atoms with E-state index in [0.29, 0.717) is 27.3 Å². The van der Waals surface area contributed by atoms with Crippen LogP contribution in [0.1, 0.15) is 58.1 Å². The Morgan fingerprint density at radius 2 is 1.16 bits per heavy atom. The van der Waals surface area contributed by atoms with Crippen molar-refractivity contribution in [2.75, 3.05) is 25.7 Å². The van der Waals surface area contributed by atoms with Crippen LogP contribution in [0.3, 0.4) is 0 Å². The molecule has 7 nitrogen and oxygen atoms in total. The summed E-state index contributed by atoms with van der Waals surface area (Å²) in [5.74, 6) is 10.7. The number of ether oxygens (including phenoxy) is 2. The molecule has 0 radical (unpaired) electrons. The van der Waals surface area contributed by atoms with Crippen LogP contribution in [0.25, 0.3) is 0 Å². The number of thioether (sulfide) groups is 1. The first kappa shape index (κ1) is 62.3. The number of nitrogens with zero attached hydrogens (tertiary/aromatic N) is 3. The van der Waals surface area contributed by atoms with E-state index in [4.69, 9.17) is 0 Å². The molecule has 21 heteroatoms. The molecule has 0 aromatic carbocycles. The number of aromatic nitrogens is 3. The van der Waals surface area contributed by atoms with Crippen LogP contribution >= 0.6 is 40.3 Å². The van der Waals surface area contributed by atoms with E-state index in [1.165, 1.54) is 32.4 Å². The van der Waals surface area contributed by atoms with Crippen molar-refractivity contribution in [2.24, 2.45) is 0 Å². The fourth-order valence-electron chi connectivity index (χ4n) is 2.33. The van der Waals surface area contributed by atoms with Crippen molar-refractivity contribution in [3.8, 4) is 23.7 Å². The van der Waals surface area contributed by atoms with Crippen molar-refractivity contribution in [3.63, 3.8) is 0 Å². The number of carbonyl (C=O) groups is 2. The number of alkyl halides is 9. The molecule has 0 aliphatic carbocycles. The van der Waals surface area contributed by atoms with E-state index in [1.54, 1.807) is 6.92 Å². The maximum absolute atomic E-state index is 12.3. The summed E-state index contributed by atoms with van der Waals surface area (Å²) in [4.78, 5) is 31.0. The van der Waals surface area contributed by atoms with Gasteiger partial charge in [-0.1, -0.05) is 42.4 Å². The number of hydrogen-bond donors (Lipinski definition) is 1. The van der Waals surface area contributed by atoms with E-state index in [0.717, 1.165) is 48.6 Å². The van der Waals surface area contributed by atoms with Crippen LogP contribution in [0.2, 0.25) is 0 Å². The number of rotatable bonds is 6. The maximum atomic E-state index is 12.3. The minimum Gasteiger partial charge on any atom is -0.780 e. The minimum absolute atomic E-state index is 0. The van der Waals surface area contributed by atoms with Crippen LogP contribution in [0, 0.1) is 30.6 Å². The van der Waals surface area contributed by atoms with Gasteiger partial charge in [0.05, 0.1) is 27.1 Å². The Kier molecular flexibility index (Phi) is 39.3. The molecule has 0 spiro atoms. The van der Waals surface area contributed by atoms with Crippen LogP contribution in [-0.2, 0) is 50.2 Å². The van der Waals surface area contributed by atoms with Gasteiger partial charge in [-0.05, 0) is 38.1 Å². The Labute approximate surface area is 367 Å². The van der Waals surface area contributed by atoms with Gasteiger partial charge in [0, 0.05) is 39.5 Å². The Bertz CT molecular complexity index is 1560. The molecule has 0 bridgehead atoms. The molecular weight excluding hydrogens is 896 g/mol. The van der Waals surface area contributed by atoms with E-state index in [9.17, 15) is 49.1 Å². The van der Waals surface area contributed by atoms with Gasteiger partial charge in [0.15, 0.2) is 0 Å². The SMILES string of the molecule is C.CC#CC.COC(=O)CCS.COC(=O)CCSc1ccnc(C(F)(F)F)c1.FC(F)(F)c1cc(Br)ccn1.FC(F)(F)c1cc([S-])ccn1.[CH2-]C#CC.[Na+]. The van der Waals surface area contributed by atoms with Crippen molar-refractivity contribution < 1.29 is 88.1 Å². The van der Waals surface area contributed by atoms with Crippen molar-refractivity contribution >= 4 is 64.9 Å². The van der Waals surface area contributed by atoms with E-state index in [2.05, 4.69) is 96.2 Å². The zero-order valence-electron chi connectivity index (χ0n) is 30.2. The second-order valence-corrected chi connectivity index (χ2v) is 11.8. The van der Waals surface area contributed by atoms with Crippen molar-refractivity contribution in [1.29, 1.82) is 0 Å². The van der Waals surface area contributed by atoms with Crippen LogP contribution in [-0.4, -0.2) is 52.6 Å². The predicted octanol–water partition coefficient (Wildman–Crippen LogP) is 7.62. The minimum atomic E-state index is -4.45. The van der Waals surface area contributed by atoms with E-state index in [-0.39, 0.29) is 60.2 Å². The van der Waals surface area contributed by atoms with Gasteiger partial charge in [-0.25, -0.2) is 0 Å². The molecule has 0 amide bonds. The van der Waals surface area contributed by atoms with Gasteiger partial charge in [-0.15, -0.1) is 23.6 Å². The number of thiol groups is 1. The molecular formula is C35H39BrF9N3NaO4S3-. The Balaban J connectivity index is -0.000000198. The quantitative estimate of drug-likeness (QED) is 0.0392. The van der Waals surface area contributed by atoms with E-state index < -0.39 is 35.6 Å². The summed E-state index contributed by atoms with van der Waals surface area (Å²) in [5, 5.41) is 0. The standard InChI is InChI=1S/C10H10F3NO2S.C6H3BrF3N.C6H4F3NS.C4H8O2S.C4H6.C4H5.CH4.Na/c1-16-9(15)3-5-17-7-2-4-14-8(6-7)10(11,12)13;7-4-1-2-11-5(3-4)6(8,9)10;7-6(8,9)5-3-4(11)1-2-10-5;1-6-4(5)2-3-7;2*1-3-4-2;;/h2,4,6H,3,5H2,1H3;1-3H;1-3H,(H,10,11);7H,2-3H2,1H3;1-2H3;1H2,2H3;1H4;/q;;;;;-1;;+1/p-1. The van der Waals surface area contributed by atoms with Crippen LogP contribution in [0.5, 0.6) is 0 Å². The Morgan fingerprint density at radius 1 is 0.768 bits per heavy atom. The molecule has 308 valence electrons. The van der Waals surface area contributed by atoms with Gasteiger partial charge >= 0.3 is 60.0 Å². The molecule has 0 atom stereocenters. The third kappa shape index (κ3) is 35.6. The average molecular weight is 936 g/mol. The van der Waals surface area contributed by atoms with E-state index in [1.807, 2.05) is 13.8 Å². The molecule has 0 N–H and O–H groups in total. The van der Waals surface area contributed by atoms with Crippen molar-refractivity contribution in [2.45, 2.75) is 69.4 Å². The first-order valence-corrected chi connectivity index (χ1v) is 17.2. The monoisotopic (exact) mass is 934 g/mol. The smallest absolute Gasteiger partial charge is 0.780 e. The molecule has 0 saturated carbocycles. The van der Waals surface area contributed by atoms with Gasteiger partial charge in [0.1, 0.15) is 17.1 Å². The predicted molar refractivity (Wildman–Crippen MR) is 204 cm³/mol. The van der Waals surface area contributed by atoms with E-state index >= 15 is 0 Å². The van der Waals surface area contributed by atoms with Gasteiger partial charge < -0.3 is 28.0 Å². The molecule has 0 aliphatic heterocycles. The van der Waals surface area contributed by atoms with Gasteiger partial charge in [0.25, 0.3) is 0 Å². The second-order valence-electron chi connectivity index (χ2n) is 8.76. The third-order valence-corrected chi connectivity index (χ3v) is 6.80. The van der Waals surface area contributed by atoms with Gasteiger partial charge in [-0.3, -0.25) is 30.5 Å². The van der Waals surface area contributed by atoms with Crippen LogP contribution < -0.4 is 29.6 Å². The summed E-state index contributed by atoms with van der Waals surface area (Å²) in [7, 11) is 2.63. The largest absolute Gasteiger partial charge is 1.00 e. The summed E-state index contributed by atoms with van der Waals surface area (Å²) >= 11 is 12.4. The van der Waals surface area contributed by atoms with Crippen molar-refractivity contribution in [3.05, 3.63) is 83.5 Å². The average Bonchev–Trinajstić information content (AvgIpc) is 3.11. The Morgan fingerprint density at radius 3 is 1.46 bits per heavy atom. The molecule has 3 heterocycles. The van der Waals surface area contributed by atoms with Crippen molar-refractivity contribution in [1.82, 2.24) is 15.0 Å². The summed E-state index contributed by atoms with van der Waals surface area (Å²) < 4.78 is 117. The van der Waals surface area contributed by atoms with Crippen LogP contribution in [0.4, 0.5) is 39.5 Å². The Hall–Kier alpha value is -2.85. The molecule has 0 aliphatic rings. The van der Waals surface area contributed by atoms with Gasteiger partial charge in [0.2, 0.25) is 0 Å². The zero-order valence-corrected chi connectivity index (χ0v) is 36.4. The fraction of sp³-hybridized carbons (Fsp3) is 0.371. The molecule has 0 unspecified atom stereocenters. The number of carbonyl (C=O) groups excluding carboxylic acids is 2. The molecule has 3 aromatic rings. The number of hydrogen-bond acceptors (Lipinski definition) is 10. The first-order chi connectivity index (χ1) is 25.1. The number of esters is 2. The molecule has 3 rings (SSSR count). The third-order valence-electron chi connectivity index (χ3n) is 4.83. The fourth-order valence-corrected chi connectivity index (χ4v) is 3.88. The summed E-state index contributed by atoms with van der Waals surface area (Å²) in [6.07, 6.45) is -9.39. The van der Waals surface area contributed by atoms with Crippen LogP contribution in [0.15, 0.2) is 69.3 Å². The molecule has 0 fully saturated rings. The number of methoxy groups -OCH3 is 2. The topological polar surface area (TPSA) is 91.3 Å². The second kappa shape index (κ2) is 35.3. The number of pyridine rings is 3. The summed E-state index contributed by atoms with van der Waals surface area (Å²) in [6, 6.07) is 6.97. The zero-order chi connectivity index (χ0) is 42.4. The summed E-state index contributed by atoms with van der Waals surface area (Å²) in [6.45, 7) is 8.64. The molecule has 3 aromatic heterocycles.